The van der Waals surface area contributed by atoms with Crippen molar-refractivity contribution in [2.45, 2.75) is 244 Å². The lowest BCUT2D eigenvalue weighted by atomic mass is 10.1. The summed E-state index contributed by atoms with van der Waals surface area (Å²) >= 11 is 0. The van der Waals surface area contributed by atoms with Gasteiger partial charge in [-0.05, 0) is 79.6 Å². The highest BCUT2D eigenvalue weighted by atomic mass is 16.7. The average Bonchev–Trinajstić information content (AvgIpc) is 2.73. The van der Waals surface area contributed by atoms with Gasteiger partial charge in [-0.1, -0.05) is 126 Å². The molecule has 0 saturated carbocycles. The van der Waals surface area contributed by atoms with Crippen molar-refractivity contribution in [2.75, 3.05) is 19.8 Å². The van der Waals surface area contributed by atoms with E-state index in [1.165, 1.54) is 61.7 Å². The monoisotopic (exact) mass is 1230 g/mol. The summed E-state index contributed by atoms with van der Waals surface area (Å²) in [5, 5.41) is 40.5. The summed E-state index contributed by atoms with van der Waals surface area (Å²) in [5.74, 6) is 1.03. The lowest BCUT2D eigenvalue weighted by Gasteiger charge is -2.19. The van der Waals surface area contributed by atoms with E-state index in [0.29, 0.717) is 46.2 Å². The van der Waals surface area contributed by atoms with E-state index < -0.39 is 25.2 Å². The van der Waals surface area contributed by atoms with Gasteiger partial charge in [0, 0.05) is 27.7 Å². The van der Waals surface area contributed by atoms with E-state index >= 15 is 0 Å². The molecular weight excluding hydrogens is 1110 g/mol. The molecule has 4 aliphatic rings. The fraction of sp³-hybridized carbons (Fsp3) is 0.556. The van der Waals surface area contributed by atoms with Gasteiger partial charge in [0.1, 0.15) is 0 Å². The lowest BCUT2D eigenvalue weighted by molar-refractivity contribution is -0.389. The molecule has 0 spiro atoms. The van der Waals surface area contributed by atoms with Crippen molar-refractivity contribution >= 4 is 0 Å². The Morgan fingerprint density at radius 3 is 1.24 bits per heavy atom. The second-order valence-electron chi connectivity index (χ2n) is 22.7. The fourth-order valence-corrected chi connectivity index (χ4v) is 10.0. The van der Waals surface area contributed by atoms with Crippen molar-refractivity contribution in [3.8, 4) is 23.0 Å². The van der Waals surface area contributed by atoms with E-state index in [4.69, 9.17) is 37.9 Å². The van der Waals surface area contributed by atoms with E-state index in [1.54, 1.807) is 0 Å². The van der Waals surface area contributed by atoms with Crippen LogP contribution in [0.2, 0.25) is 0 Å². The van der Waals surface area contributed by atoms with E-state index in [9.17, 15) is 20.4 Å². The molecule has 4 aromatic heterocycles. The average molecular weight is 1230 g/mol. The van der Waals surface area contributed by atoms with Crippen LogP contribution < -0.4 is 19.9 Å². The summed E-state index contributed by atoms with van der Waals surface area (Å²) in [6.07, 6.45) is 34.9. The molecule has 16 nitrogen and oxygen atoms in total. The zero-order valence-corrected chi connectivity index (χ0v) is 56.9. The van der Waals surface area contributed by atoms with Crippen LogP contribution >= 0.6 is 0 Å². The largest absolute Gasteiger partial charge is 0.502 e. The Balaban J connectivity index is 0.000000585. The molecule has 4 aliphatic heterocycles. The maximum atomic E-state index is 10.2. The minimum Gasteiger partial charge on any atom is -0.502 e. The number of hydrogen-bond donors (Lipinski definition) is 4. The van der Waals surface area contributed by atoms with Crippen molar-refractivity contribution in [1.29, 1.82) is 0 Å². The first kappa shape index (κ1) is 80.5. The summed E-state index contributed by atoms with van der Waals surface area (Å²) in [6, 6.07) is 0. The van der Waals surface area contributed by atoms with Crippen LogP contribution in [0.25, 0.3) is 0 Å². The molecule has 16 heteroatoms. The predicted molar refractivity (Wildman–Crippen MR) is 349 cm³/mol. The van der Waals surface area contributed by atoms with Crippen molar-refractivity contribution in [3.63, 3.8) is 0 Å². The van der Waals surface area contributed by atoms with Crippen LogP contribution in [0.1, 0.15) is 251 Å². The van der Waals surface area contributed by atoms with Gasteiger partial charge >= 0.3 is 0 Å². The SMILES string of the molecule is C/C=C/C(CCCC)OC1OCc2c[nH+]c(C)c(O)c21.CC(C)=CCC/C(C)=C/CC/C(C)=C/COC1OCc2c[nH+]c(C)c(O)c21.CCCCCCCOC1OCc2c[nH+]c(C)c(O)c21.CCCCCCOC1OCc2c[nH+]c(C)c(O)c21.[CH3-].[CH3-].[CH3-].[CH3-]. The van der Waals surface area contributed by atoms with Gasteiger partial charge in [-0.25, -0.2) is 19.9 Å². The Bertz CT molecular complexity index is 2770. The molecule has 5 atom stereocenters. The fourth-order valence-electron chi connectivity index (χ4n) is 10.0. The first-order valence-corrected chi connectivity index (χ1v) is 31.0. The van der Waals surface area contributed by atoms with Crippen LogP contribution in [-0.2, 0) is 64.3 Å². The van der Waals surface area contributed by atoms with E-state index in [1.807, 2.05) is 65.5 Å². The Hall–Kier alpha value is -5.56. The van der Waals surface area contributed by atoms with E-state index in [0.717, 1.165) is 125 Å². The normalized spacial score (nSPS) is 17.2. The van der Waals surface area contributed by atoms with E-state index in [-0.39, 0.29) is 58.8 Å². The molecule has 5 unspecified atom stereocenters. The summed E-state index contributed by atoms with van der Waals surface area (Å²) in [6.45, 7) is 28.3. The molecule has 0 saturated heterocycles. The Kier molecular flexibility index (Phi) is 39.5. The van der Waals surface area contributed by atoms with Gasteiger partial charge in [0.25, 0.3) is 0 Å². The van der Waals surface area contributed by atoms with Crippen LogP contribution in [0.15, 0.2) is 71.9 Å². The van der Waals surface area contributed by atoms with Crippen LogP contribution in [0, 0.1) is 57.4 Å². The molecule has 0 amide bonds. The molecule has 0 aromatic carbocycles. The van der Waals surface area contributed by atoms with Gasteiger partial charge in [0.15, 0.2) is 72.9 Å². The summed E-state index contributed by atoms with van der Waals surface area (Å²) < 4.78 is 45.8. The van der Waals surface area contributed by atoms with Gasteiger partial charge in [-0.15, -0.1) is 0 Å². The number of aryl methyl sites for hydroxylation is 4. The zero-order chi connectivity index (χ0) is 61.0. The quantitative estimate of drug-likeness (QED) is 0.0238. The van der Waals surface area contributed by atoms with Gasteiger partial charge < -0.3 is 88.0 Å². The number of nitrogens with one attached hydrogen (secondary N) is 4. The topological polar surface area (TPSA) is 211 Å². The number of ether oxygens (including phenoxy) is 8. The van der Waals surface area contributed by atoms with Gasteiger partial charge in [-0.3, -0.25) is 0 Å². The summed E-state index contributed by atoms with van der Waals surface area (Å²) in [4.78, 5) is 12.1. The predicted octanol–water partition coefficient (Wildman–Crippen LogP) is 16.1. The second-order valence-corrected chi connectivity index (χ2v) is 22.7. The molecular formula is C72H116N4O12. The van der Waals surface area contributed by atoms with Crippen molar-refractivity contribution in [2.24, 2.45) is 0 Å². The first-order valence-electron chi connectivity index (χ1n) is 31.0. The second kappa shape index (κ2) is 43.2. The number of aromatic amines is 4. The highest BCUT2D eigenvalue weighted by Crippen LogP contribution is 2.41. The number of hydrogen-bond acceptors (Lipinski definition) is 12. The Labute approximate surface area is 531 Å². The number of aromatic nitrogens is 4. The maximum Gasteiger partial charge on any atom is 0.219 e. The Morgan fingerprint density at radius 1 is 0.489 bits per heavy atom. The van der Waals surface area contributed by atoms with Crippen LogP contribution in [0.4, 0.5) is 0 Å². The molecule has 496 valence electrons. The molecule has 0 bridgehead atoms. The number of rotatable bonds is 28. The number of aromatic hydroxyl groups is 4. The molecule has 4 aromatic rings. The molecule has 88 heavy (non-hydrogen) atoms. The first-order chi connectivity index (χ1) is 40.5. The lowest BCUT2D eigenvalue weighted by Crippen LogP contribution is -2.16. The van der Waals surface area contributed by atoms with Crippen LogP contribution in [0.5, 0.6) is 23.0 Å². The zero-order valence-electron chi connectivity index (χ0n) is 56.9. The third-order valence-electron chi connectivity index (χ3n) is 15.3. The molecule has 8 rings (SSSR count). The minimum atomic E-state index is -0.491. The van der Waals surface area contributed by atoms with Crippen molar-refractivity contribution < 1.29 is 78.3 Å². The standard InChI is InChI=1S/C23H33NO3.C16H23NO3.C15H23NO3.C14H21NO3.4CH3/c1-16(2)8-6-9-17(3)10-7-11-18(4)12-13-26-23-21-20(15-27-23)14-24-19(5)22(21)25;1-4-6-8-13(7-5-2)20-16-14-12(10-19-16)9-17-11(3)15(14)18;1-3-4-5-6-7-8-18-15-13-12(10-19-15)9-16-11(2)14(13)17;1-3-4-5-6-7-17-14-12-11(9-18-14)8-15-10(2)13(12)16;;;;/h8,10,12,14,23,25H,6-7,9,11,13,15H2,1-5H3;5,7,9,13,16,18H,4,6,8,10H2,1-3H3;9,15,17H,3-8,10H2,1-2H3;8,14,16H,3-7,9H2,1-2H3;4*1H3/q;;;;4*-1/p+4/b17-10+,18-12+;7-5+;;;;;;. The number of H-pyrrole nitrogens is 4. The summed E-state index contributed by atoms with van der Waals surface area (Å²) in [5.41, 5.74) is 14.1. The molecule has 0 radical (unpaired) electrons. The highest BCUT2D eigenvalue weighted by molar-refractivity contribution is 5.43. The highest BCUT2D eigenvalue weighted by Gasteiger charge is 2.35. The molecule has 0 aliphatic carbocycles. The summed E-state index contributed by atoms with van der Waals surface area (Å²) in [7, 11) is 0. The number of unbranched alkanes of at least 4 members (excludes halogenated alkanes) is 8. The maximum absolute atomic E-state index is 10.2. The molecule has 8 heterocycles. The van der Waals surface area contributed by atoms with Gasteiger partial charge in [0.05, 0.1) is 96.9 Å². The third-order valence-corrected chi connectivity index (χ3v) is 15.3. The smallest absolute Gasteiger partial charge is 0.219 e. The van der Waals surface area contributed by atoms with E-state index in [2.05, 4.69) is 92.7 Å². The van der Waals surface area contributed by atoms with Crippen molar-refractivity contribution in [1.82, 2.24) is 0 Å². The van der Waals surface area contributed by atoms with Gasteiger partial charge in [-0.2, -0.15) is 0 Å². The van der Waals surface area contributed by atoms with Gasteiger partial charge in [0.2, 0.25) is 22.8 Å². The third kappa shape index (κ3) is 25.0. The van der Waals surface area contributed by atoms with Crippen LogP contribution in [0.3, 0.4) is 0 Å². The number of fused-ring (bicyclic) bond motifs is 4. The Morgan fingerprint density at radius 2 is 0.841 bits per heavy atom. The van der Waals surface area contributed by atoms with Crippen LogP contribution in [-0.4, -0.2) is 46.4 Å². The minimum absolute atomic E-state index is 0. The molecule has 0 fully saturated rings. The van der Waals surface area contributed by atoms with Crippen molar-refractivity contribution in [3.05, 3.63) is 169 Å². The molecule has 8 N–H and O–H groups in total. The number of pyridine rings is 4. The number of allylic oxidation sites excluding steroid dienone is 6.